The fourth-order valence-corrected chi connectivity index (χ4v) is 3.27. The van der Waals surface area contributed by atoms with Gasteiger partial charge in [-0.15, -0.1) is 0 Å². The van der Waals surface area contributed by atoms with E-state index >= 15 is 0 Å². The Balaban J connectivity index is 1.90. The smallest absolute Gasteiger partial charge is 0.231 e. The van der Waals surface area contributed by atoms with E-state index in [1.165, 1.54) is 0 Å². The lowest BCUT2D eigenvalue weighted by Crippen LogP contribution is -2.33. The number of hydrogen-bond acceptors (Lipinski definition) is 3. The number of para-hydroxylation sites is 2. The summed E-state index contributed by atoms with van der Waals surface area (Å²) in [5.41, 5.74) is 1.19. The van der Waals surface area contributed by atoms with Crippen LogP contribution in [-0.4, -0.2) is 15.9 Å². The molecule has 1 fully saturated rings. The predicted molar refractivity (Wildman–Crippen MR) is 84.4 cm³/mol. The molecule has 1 aliphatic carbocycles. The Morgan fingerprint density at radius 2 is 1.86 bits per heavy atom. The van der Waals surface area contributed by atoms with Crippen LogP contribution in [0.2, 0.25) is 5.15 Å². The fraction of sp³-hybridized carbons (Fsp3) is 0.438. The second kappa shape index (κ2) is 5.60. The number of nitrogens with one attached hydrogen (secondary N) is 1. The predicted octanol–water partition coefficient (Wildman–Crippen LogP) is 4.19. The molecule has 1 heterocycles. The van der Waals surface area contributed by atoms with Crippen molar-refractivity contribution < 1.29 is 4.79 Å². The zero-order valence-electron chi connectivity index (χ0n) is 12.0. The zero-order chi connectivity index (χ0) is 14.9. The molecule has 0 atom stereocenters. The molecule has 0 saturated heterocycles. The quantitative estimate of drug-likeness (QED) is 0.925. The van der Waals surface area contributed by atoms with Gasteiger partial charge >= 0.3 is 0 Å². The molecule has 21 heavy (non-hydrogen) atoms. The van der Waals surface area contributed by atoms with Gasteiger partial charge in [-0.25, -0.2) is 9.97 Å². The minimum Gasteiger partial charge on any atom is -0.308 e. The minimum absolute atomic E-state index is 0.0222. The minimum atomic E-state index is -0.267. The summed E-state index contributed by atoms with van der Waals surface area (Å²) in [4.78, 5) is 21.3. The van der Waals surface area contributed by atoms with E-state index in [0.717, 1.165) is 43.1 Å². The molecule has 0 bridgehead atoms. The number of carbonyl (C=O) groups excluding carboxylic acids is 1. The van der Waals surface area contributed by atoms with Crippen molar-refractivity contribution in [3.05, 3.63) is 29.4 Å². The van der Waals surface area contributed by atoms with Gasteiger partial charge in [0.25, 0.3) is 0 Å². The Hall–Kier alpha value is -1.68. The Labute approximate surface area is 128 Å². The highest BCUT2D eigenvalue weighted by Crippen LogP contribution is 2.42. The highest BCUT2D eigenvalue weighted by molar-refractivity contribution is 6.32. The Morgan fingerprint density at radius 1 is 1.24 bits per heavy atom. The molecule has 2 aromatic rings. The fourth-order valence-electron chi connectivity index (χ4n) is 3.09. The van der Waals surface area contributed by atoms with Gasteiger partial charge in [0.1, 0.15) is 0 Å². The molecule has 5 heteroatoms. The van der Waals surface area contributed by atoms with Crippen molar-refractivity contribution in [2.75, 3.05) is 5.32 Å². The molecule has 0 unspecified atom stereocenters. The Kier molecular flexibility index (Phi) is 3.81. The van der Waals surface area contributed by atoms with Crippen molar-refractivity contribution in [1.82, 2.24) is 9.97 Å². The van der Waals surface area contributed by atoms with Gasteiger partial charge in [-0.1, -0.05) is 43.5 Å². The second-order valence-electron chi connectivity index (χ2n) is 5.65. The molecule has 0 aliphatic heterocycles. The van der Waals surface area contributed by atoms with Crippen LogP contribution in [0.25, 0.3) is 11.0 Å². The van der Waals surface area contributed by atoms with E-state index < -0.39 is 0 Å². The average molecular weight is 304 g/mol. The van der Waals surface area contributed by atoms with Crippen LogP contribution in [-0.2, 0) is 4.79 Å². The SMILES string of the molecule is CCC1(C(=O)Nc2nc3ccccc3nc2Cl)CCCC1. The van der Waals surface area contributed by atoms with Gasteiger partial charge in [-0.05, 0) is 31.4 Å². The molecule has 1 amide bonds. The first-order valence-corrected chi connectivity index (χ1v) is 7.76. The molecule has 1 saturated carbocycles. The van der Waals surface area contributed by atoms with Crippen molar-refractivity contribution in [2.24, 2.45) is 5.41 Å². The van der Waals surface area contributed by atoms with Crippen molar-refractivity contribution in [1.29, 1.82) is 0 Å². The molecular weight excluding hydrogens is 286 g/mol. The number of hydrogen-bond donors (Lipinski definition) is 1. The maximum Gasteiger partial charge on any atom is 0.231 e. The number of benzene rings is 1. The first kappa shape index (κ1) is 14.3. The molecule has 4 nitrogen and oxygen atoms in total. The number of nitrogens with zero attached hydrogens (tertiary/aromatic N) is 2. The van der Waals surface area contributed by atoms with E-state index in [0.29, 0.717) is 5.82 Å². The number of carbonyl (C=O) groups is 1. The van der Waals surface area contributed by atoms with Gasteiger partial charge in [0.05, 0.1) is 11.0 Å². The van der Waals surface area contributed by atoms with Crippen LogP contribution < -0.4 is 5.32 Å². The lowest BCUT2D eigenvalue weighted by molar-refractivity contribution is -0.125. The molecule has 0 spiro atoms. The first-order valence-electron chi connectivity index (χ1n) is 7.38. The standard InChI is InChI=1S/C16H18ClN3O/c1-2-16(9-5-6-10-16)15(21)20-14-13(17)18-11-7-3-4-8-12(11)19-14/h3-4,7-8H,2,5-6,9-10H2,1H3,(H,19,20,21). The molecule has 1 aromatic carbocycles. The number of rotatable bonds is 3. The Bertz CT molecular complexity index is 680. The van der Waals surface area contributed by atoms with Crippen LogP contribution in [0.15, 0.2) is 24.3 Å². The molecule has 3 rings (SSSR count). The van der Waals surface area contributed by atoms with E-state index in [-0.39, 0.29) is 16.5 Å². The summed E-state index contributed by atoms with van der Waals surface area (Å²) in [6.45, 7) is 2.07. The monoisotopic (exact) mass is 303 g/mol. The number of aromatic nitrogens is 2. The average Bonchev–Trinajstić information content (AvgIpc) is 2.98. The number of halogens is 1. The van der Waals surface area contributed by atoms with E-state index in [9.17, 15) is 4.79 Å². The van der Waals surface area contributed by atoms with Crippen LogP contribution >= 0.6 is 11.6 Å². The van der Waals surface area contributed by atoms with Crippen LogP contribution in [0, 0.1) is 5.41 Å². The lowest BCUT2D eigenvalue weighted by atomic mass is 9.82. The molecule has 1 aromatic heterocycles. The van der Waals surface area contributed by atoms with E-state index in [2.05, 4.69) is 22.2 Å². The summed E-state index contributed by atoms with van der Waals surface area (Å²) >= 11 is 6.15. The molecule has 1 aliphatic rings. The van der Waals surface area contributed by atoms with Crippen molar-refractivity contribution in [3.63, 3.8) is 0 Å². The summed E-state index contributed by atoms with van der Waals surface area (Å²) in [5, 5.41) is 3.13. The number of anilines is 1. The highest BCUT2D eigenvalue weighted by atomic mass is 35.5. The van der Waals surface area contributed by atoms with Gasteiger partial charge in [-0.2, -0.15) is 0 Å². The van der Waals surface area contributed by atoms with Crippen LogP contribution in [0.1, 0.15) is 39.0 Å². The maximum atomic E-state index is 12.6. The van der Waals surface area contributed by atoms with Gasteiger partial charge in [-0.3, -0.25) is 4.79 Å². The van der Waals surface area contributed by atoms with Gasteiger partial charge < -0.3 is 5.32 Å². The largest absolute Gasteiger partial charge is 0.308 e. The lowest BCUT2D eigenvalue weighted by Gasteiger charge is -2.25. The third kappa shape index (κ3) is 2.60. The third-order valence-corrected chi connectivity index (χ3v) is 4.74. The van der Waals surface area contributed by atoms with E-state index in [1.54, 1.807) is 0 Å². The normalized spacial score (nSPS) is 17.0. The van der Waals surface area contributed by atoms with E-state index in [1.807, 2.05) is 24.3 Å². The molecule has 0 radical (unpaired) electrons. The number of fused-ring (bicyclic) bond motifs is 1. The van der Waals surface area contributed by atoms with Gasteiger partial charge in [0.15, 0.2) is 11.0 Å². The van der Waals surface area contributed by atoms with Crippen LogP contribution in [0.5, 0.6) is 0 Å². The number of amides is 1. The third-order valence-electron chi connectivity index (χ3n) is 4.48. The summed E-state index contributed by atoms with van der Waals surface area (Å²) < 4.78 is 0. The second-order valence-corrected chi connectivity index (χ2v) is 6.00. The van der Waals surface area contributed by atoms with E-state index in [4.69, 9.17) is 11.6 Å². The first-order chi connectivity index (χ1) is 10.1. The zero-order valence-corrected chi connectivity index (χ0v) is 12.8. The summed E-state index contributed by atoms with van der Waals surface area (Å²) in [5.74, 6) is 0.383. The molecule has 110 valence electrons. The van der Waals surface area contributed by atoms with Crippen molar-refractivity contribution in [3.8, 4) is 0 Å². The van der Waals surface area contributed by atoms with Crippen LogP contribution in [0.3, 0.4) is 0 Å². The Morgan fingerprint density at radius 3 is 2.48 bits per heavy atom. The van der Waals surface area contributed by atoms with Crippen LogP contribution in [0.4, 0.5) is 5.82 Å². The van der Waals surface area contributed by atoms with Gasteiger partial charge in [0.2, 0.25) is 5.91 Å². The maximum absolute atomic E-state index is 12.6. The summed E-state index contributed by atoms with van der Waals surface area (Å²) in [6.07, 6.45) is 4.94. The summed E-state index contributed by atoms with van der Waals surface area (Å²) in [7, 11) is 0. The van der Waals surface area contributed by atoms with Crippen molar-refractivity contribution >= 4 is 34.4 Å². The summed E-state index contributed by atoms with van der Waals surface area (Å²) in [6, 6.07) is 7.49. The van der Waals surface area contributed by atoms with Crippen molar-refractivity contribution in [2.45, 2.75) is 39.0 Å². The molecular formula is C16H18ClN3O. The van der Waals surface area contributed by atoms with Gasteiger partial charge in [0, 0.05) is 5.41 Å². The molecule has 1 N–H and O–H groups in total. The highest BCUT2D eigenvalue weighted by Gasteiger charge is 2.39. The topological polar surface area (TPSA) is 54.9 Å².